The molecule has 1 heterocycles. The Labute approximate surface area is 167 Å². The van der Waals surface area contributed by atoms with E-state index < -0.39 is 6.10 Å². The Bertz CT molecular complexity index is 927. The largest absolute Gasteiger partial charge is 0.497 e. The van der Waals surface area contributed by atoms with E-state index in [2.05, 4.69) is 15.5 Å². The first-order chi connectivity index (χ1) is 13.6. The number of hydrogen-bond donors (Lipinski definition) is 1. The monoisotopic (exact) mass is 401 g/mol. The lowest BCUT2D eigenvalue weighted by atomic mass is 10.2. The average Bonchev–Trinajstić information content (AvgIpc) is 3.19. The normalized spacial score (nSPS) is 11.7. The molecule has 1 amide bonds. The quantitative estimate of drug-likeness (QED) is 0.616. The molecule has 0 saturated heterocycles. The highest BCUT2D eigenvalue weighted by Crippen LogP contribution is 2.20. The van der Waals surface area contributed by atoms with Crippen LogP contribution in [0.1, 0.15) is 19.2 Å². The van der Waals surface area contributed by atoms with E-state index in [4.69, 9.17) is 25.6 Å². The topological polar surface area (TPSA) is 86.5 Å². The van der Waals surface area contributed by atoms with Gasteiger partial charge in [-0.15, -0.1) is 0 Å². The molecule has 1 atom stereocenters. The lowest BCUT2D eigenvalue weighted by Gasteiger charge is -2.16. The zero-order chi connectivity index (χ0) is 19.9. The van der Waals surface area contributed by atoms with Gasteiger partial charge in [-0.3, -0.25) is 4.79 Å². The lowest BCUT2D eigenvalue weighted by molar-refractivity contribution is -0.128. The summed E-state index contributed by atoms with van der Waals surface area (Å²) >= 11 is 5.95. The predicted octanol–water partition coefficient (Wildman–Crippen LogP) is 3.87. The number of aromatic nitrogens is 2. The number of nitrogens with one attached hydrogen (secondary N) is 1. The molecule has 0 unspecified atom stereocenters. The Hall–Kier alpha value is -3.06. The van der Waals surface area contributed by atoms with Crippen molar-refractivity contribution in [1.82, 2.24) is 15.5 Å². The van der Waals surface area contributed by atoms with Crippen molar-refractivity contribution in [3.8, 4) is 22.9 Å². The Morgan fingerprint density at radius 3 is 2.68 bits per heavy atom. The highest BCUT2D eigenvalue weighted by Gasteiger charge is 2.19. The number of hydrogen-bond acceptors (Lipinski definition) is 6. The van der Waals surface area contributed by atoms with Gasteiger partial charge in [-0.2, -0.15) is 4.98 Å². The molecule has 3 aromatic rings. The SMILES string of the molecule is CC[C@@H](Oc1cccc(Cl)c1)C(=O)NCc1nc(-c2ccc(OC)cc2)no1. The van der Waals surface area contributed by atoms with E-state index in [9.17, 15) is 4.79 Å². The van der Waals surface area contributed by atoms with Gasteiger partial charge >= 0.3 is 0 Å². The molecule has 0 aliphatic rings. The van der Waals surface area contributed by atoms with Crippen molar-refractivity contribution in [2.24, 2.45) is 0 Å². The van der Waals surface area contributed by atoms with Gasteiger partial charge in [-0.05, 0) is 48.9 Å². The number of nitrogens with zero attached hydrogens (tertiary/aromatic N) is 2. The molecule has 0 aliphatic heterocycles. The van der Waals surface area contributed by atoms with Crippen molar-refractivity contribution in [1.29, 1.82) is 0 Å². The van der Waals surface area contributed by atoms with Crippen LogP contribution in [-0.4, -0.2) is 29.3 Å². The fourth-order valence-corrected chi connectivity index (χ4v) is 2.67. The molecule has 0 bridgehead atoms. The van der Waals surface area contributed by atoms with E-state index >= 15 is 0 Å². The molecule has 8 heteroatoms. The Morgan fingerprint density at radius 2 is 2.00 bits per heavy atom. The molecule has 0 fully saturated rings. The molecule has 0 radical (unpaired) electrons. The number of benzene rings is 2. The van der Waals surface area contributed by atoms with Crippen LogP contribution in [0.2, 0.25) is 5.02 Å². The summed E-state index contributed by atoms with van der Waals surface area (Å²) in [5.41, 5.74) is 0.790. The minimum absolute atomic E-state index is 0.109. The van der Waals surface area contributed by atoms with Gasteiger partial charge in [0.1, 0.15) is 11.5 Å². The minimum atomic E-state index is -0.651. The van der Waals surface area contributed by atoms with Crippen LogP contribution >= 0.6 is 11.6 Å². The van der Waals surface area contributed by atoms with Crippen molar-refractivity contribution in [2.45, 2.75) is 26.0 Å². The van der Waals surface area contributed by atoms with Crippen molar-refractivity contribution in [2.75, 3.05) is 7.11 Å². The fraction of sp³-hybridized carbons (Fsp3) is 0.250. The molecular weight excluding hydrogens is 382 g/mol. The van der Waals surface area contributed by atoms with Gasteiger partial charge in [0.15, 0.2) is 6.10 Å². The third kappa shape index (κ3) is 5.01. The second kappa shape index (κ2) is 9.23. The van der Waals surface area contributed by atoms with E-state index in [0.29, 0.717) is 28.9 Å². The second-order valence-electron chi connectivity index (χ2n) is 5.93. The van der Waals surface area contributed by atoms with E-state index in [1.165, 1.54) is 0 Å². The van der Waals surface area contributed by atoms with Crippen LogP contribution in [0, 0.1) is 0 Å². The number of rotatable bonds is 8. The van der Waals surface area contributed by atoms with E-state index in [1.54, 1.807) is 31.4 Å². The maximum Gasteiger partial charge on any atom is 0.261 e. The van der Waals surface area contributed by atoms with Crippen LogP contribution in [0.15, 0.2) is 53.1 Å². The van der Waals surface area contributed by atoms with E-state index in [0.717, 1.165) is 11.3 Å². The van der Waals surface area contributed by atoms with Gasteiger partial charge in [0.2, 0.25) is 11.7 Å². The first kappa shape index (κ1) is 19.7. The zero-order valence-electron chi connectivity index (χ0n) is 15.5. The summed E-state index contributed by atoms with van der Waals surface area (Å²) in [6, 6.07) is 14.2. The molecular formula is C20H20ClN3O4. The Kier molecular flexibility index (Phi) is 6.49. The summed E-state index contributed by atoms with van der Waals surface area (Å²) in [6.07, 6.45) is -0.151. The summed E-state index contributed by atoms with van der Waals surface area (Å²) in [7, 11) is 1.60. The molecule has 7 nitrogen and oxygen atoms in total. The van der Waals surface area contributed by atoms with Gasteiger partial charge in [-0.1, -0.05) is 29.7 Å². The Morgan fingerprint density at radius 1 is 1.21 bits per heavy atom. The standard InChI is InChI=1S/C20H20ClN3O4/c1-3-17(27-16-6-4-5-14(21)11-16)20(25)22-12-18-23-19(24-28-18)13-7-9-15(26-2)10-8-13/h4-11,17H,3,12H2,1-2H3,(H,22,25)/t17-/m1/s1. The van der Waals surface area contributed by atoms with Gasteiger partial charge in [0.05, 0.1) is 13.7 Å². The molecule has 1 N–H and O–H groups in total. The number of carbonyl (C=O) groups is 1. The summed E-state index contributed by atoms with van der Waals surface area (Å²) in [4.78, 5) is 16.7. The van der Waals surface area contributed by atoms with E-state index in [-0.39, 0.29) is 12.5 Å². The first-order valence-electron chi connectivity index (χ1n) is 8.76. The molecule has 146 valence electrons. The van der Waals surface area contributed by atoms with Crippen LogP contribution < -0.4 is 14.8 Å². The lowest BCUT2D eigenvalue weighted by Crippen LogP contribution is -2.37. The summed E-state index contributed by atoms with van der Waals surface area (Å²) in [6.45, 7) is 1.97. The third-order valence-electron chi connectivity index (χ3n) is 3.97. The molecule has 0 aliphatic carbocycles. The summed E-state index contributed by atoms with van der Waals surface area (Å²) in [5, 5.41) is 7.24. The molecule has 0 spiro atoms. The predicted molar refractivity (Wildman–Crippen MR) is 104 cm³/mol. The van der Waals surface area contributed by atoms with Crippen molar-refractivity contribution in [3.05, 3.63) is 59.4 Å². The maximum absolute atomic E-state index is 12.4. The number of methoxy groups -OCH3 is 1. The Balaban J connectivity index is 1.58. The molecule has 28 heavy (non-hydrogen) atoms. The number of halogens is 1. The van der Waals surface area contributed by atoms with Crippen molar-refractivity contribution >= 4 is 17.5 Å². The molecule has 0 saturated carbocycles. The van der Waals surface area contributed by atoms with Crippen LogP contribution in [-0.2, 0) is 11.3 Å². The molecule has 3 rings (SSSR count). The van der Waals surface area contributed by atoms with Gasteiger partial charge < -0.3 is 19.3 Å². The van der Waals surface area contributed by atoms with Crippen LogP contribution in [0.5, 0.6) is 11.5 Å². The smallest absolute Gasteiger partial charge is 0.261 e. The maximum atomic E-state index is 12.4. The zero-order valence-corrected chi connectivity index (χ0v) is 16.3. The van der Waals surface area contributed by atoms with Crippen molar-refractivity contribution < 1.29 is 18.8 Å². The fourth-order valence-electron chi connectivity index (χ4n) is 2.49. The minimum Gasteiger partial charge on any atom is -0.497 e. The van der Waals surface area contributed by atoms with Crippen LogP contribution in [0.25, 0.3) is 11.4 Å². The van der Waals surface area contributed by atoms with Gasteiger partial charge in [0, 0.05) is 10.6 Å². The second-order valence-corrected chi connectivity index (χ2v) is 6.37. The number of ether oxygens (including phenoxy) is 2. The van der Waals surface area contributed by atoms with Gasteiger partial charge in [-0.25, -0.2) is 0 Å². The molecule has 1 aromatic heterocycles. The first-order valence-corrected chi connectivity index (χ1v) is 9.13. The highest BCUT2D eigenvalue weighted by molar-refractivity contribution is 6.30. The van der Waals surface area contributed by atoms with Gasteiger partial charge in [0.25, 0.3) is 5.91 Å². The number of carbonyl (C=O) groups excluding carboxylic acids is 1. The highest BCUT2D eigenvalue weighted by atomic mass is 35.5. The summed E-state index contributed by atoms with van der Waals surface area (Å²) < 4.78 is 16.1. The van der Waals surface area contributed by atoms with Crippen LogP contribution in [0.4, 0.5) is 0 Å². The third-order valence-corrected chi connectivity index (χ3v) is 4.20. The molecule has 2 aromatic carbocycles. The van der Waals surface area contributed by atoms with Crippen molar-refractivity contribution in [3.63, 3.8) is 0 Å². The summed E-state index contributed by atoms with van der Waals surface area (Å²) in [5.74, 6) is 1.75. The number of amides is 1. The van der Waals surface area contributed by atoms with E-state index in [1.807, 2.05) is 31.2 Å². The average molecular weight is 402 g/mol. The van der Waals surface area contributed by atoms with Crippen LogP contribution in [0.3, 0.4) is 0 Å².